The third kappa shape index (κ3) is 3.63. The number of phenols is 4. The molecule has 0 aromatic heterocycles. The largest absolute Gasteiger partial charge is 0.508 e. The van der Waals surface area contributed by atoms with E-state index in [9.17, 15) is 20.4 Å². The standard InChI is InChI=1S/C24H26O4/c1-13-9-17(25)5-7-19(13)15(3)21-11-22(24(28)12-23(21)27)16(4)20-8-6-18(26)10-14(20)2/h5-12,15-16,25-28H,1-4H3. The molecule has 0 heterocycles. The zero-order valence-electron chi connectivity index (χ0n) is 16.6. The minimum absolute atomic E-state index is 0.0378. The van der Waals surface area contributed by atoms with Gasteiger partial charge in [0, 0.05) is 29.0 Å². The fourth-order valence-electron chi connectivity index (χ4n) is 3.93. The Balaban J connectivity index is 2.07. The minimum Gasteiger partial charge on any atom is -0.508 e. The maximum atomic E-state index is 10.5. The van der Waals surface area contributed by atoms with Crippen molar-refractivity contribution in [3.05, 3.63) is 81.9 Å². The summed E-state index contributed by atoms with van der Waals surface area (Å²) >= 11 is 0. The molecule has 4 heteroatoms. The molecular weight excluding hydrogens is 352 g/mol. The van der Waals surface area contributed by atoms with E-state index in [4.69, 9.17) is 0 Å². The Morgan fingerprint density at radius 3 is 1.29 bits per heavy atom. The van der Waals surface area contributed by atoms with Gasteiger partial charge in [-0.3, -0.25) is 0 Å². The molecule has 3 aromatic carbocycles. The topological polar surface area (TPSA) is 80.9 Å². The average molecular weight is 378 g/mol. The van der Waals surface area contributed by atoms with Crippen LogP contribution in [0.25, 0.3) is 0 Å². The molecule has 3 rings (SSSR count). The number of hydrogen-bond donors (Lipinski definition) is 4. The maximum absolute atomic E-state index is 10.5. The van der Waals surface area contributed by atoms with Gasteiger partial charge in [0.2, 0.25) is 0 Å². The van der Waals surface area contributed by atoms with Crippen molar-refractivity contribution in [3.63, 3.8) is 0 Å². The fourth-order valence-corrected chi connectivity index (χ4v) is 3.93. The molecule has 0 bridgehead atoms. The number of hydrogen-bond acceptors (Lipinski definition) is 4. The molecule has 0 aliphatic heterocycles. The van der Waals surface area contributed by atoms with Crippen molar-refractivity contribution in [2.24, 2.45) is 0 Å². The molecule has 2 atom stereocenters. The third-order valence-electron chi connectivity index (χ3n) is 5.55. The van der Waals surface area contributed by atoms with Crippen LogP contribution in [0.2, 0.25) is 0 Å². The first-order valence-electron chi connectivity index (χ1n) is 9.33. The lowest BCUT2D eigenvalue weighted by Gasteiger charge is -2.22. The van der Waals surface area contributed by atoms with Crippen LogP contribution >= 0.6 is 0 Å². The van der Waals surface area contributed by atoms with Crippen LogP contribution in [0.5, 0.6) is 23.0 Å². The molecule has 2 unspecified atom stereocenters. The highest BCUT2D eigenvalue weighted by atomic mass is 16.3. The van der Waals surface area contributed by atoms with E-state index in [-0.39, 0.29) is 34.8 Å². The predicted molar refractivity (Wildman–Crippen MR) is 110 cm³/mol. The van der Waals surface area contributed by atoms with Gasteiger partial charge in [-0.05, 0) is 66.4 Å². The first-order valence-corrected chi connectivity index (χ1v) is 9.33. The van der Waals surface area contributed by atoms with Crippen LogP contribution < -0.4 is 0 Å². The summed E-state index contributed by atoms with van der Waals surface area (Å²) in [6, 6.07) is 13.6. The smallest absolute Gasteiger partial charge is 0.123 e. The van der Waals surface area contributed by atoms with Crippen LogP contribution in [0.1, 0.15) is 59.1 Å². The molecule has 4 N–H and O–H groups in total. The summed E-state index contributed by atoms with van der Waals surface area (Å²) in [5, 5.41) is 40.3. The molecular formula is C24H26O4. The van der Waals surface area contributed by atoms with Crippen molar-refractivity contribution in [1.82, 2.24) is 0 Å². The van der Waals surface area contributed by atoms with Crippen LogP contribution in [0.15, 0.2) is 48.5 Å². The van der Waals surface area contributed by atoms with Crippen molar-refractivity contribution in [2.75, 3.05) is 0 Å². The molecule has 4 nitrogen and oxygen atoms in total. The van der Waals surface area contributed by atoms with Gasteiger partial charge in [-0.1, -0.05) is 26.0 Å². The summed E-state index contributed by atoms with van der Waals surface area (Å²) in [4.78, 5) is 0. The Morgan fingerprint density at radius 2 is 0.929 bits per heavy atom. The third-order valence-corrected chi connectivity index (χ3v) is 5.55. The summed E-state index contributed by atoms with van der Waals surface area (Å²) in [7, 11) is 0. The monoisotopic (exact) mass is 378 g/mol. The molecule has 0 amide bonds. The summed E-state index contributed by atoms with van der Waals surface area (Å²) < 4.78 is 0. The lowest BCUT2D eigenvalue weighted by molar-refractivity contribution is 0.439. The van der Waals surface area contributed by atoms with E-state index < -0.39 is 0 Å². The molecule has 0 saturated heterocycles. The summed E-state index contributed by atoms with van der Waals surface area (Å²) in [5.41, 5.74) is 5.29. The summed E-state index contributed by atoms with van der Waals surface area (Å²) in [6.07, 6.45) is 0. The Kier molecular flexibility index (Phi) is 5.23. The van der Waals surface area contributed by atoms with Crippen molar-refractivity contribution >= 4 is 0 Å². The Bertz CT molecular complexity index is 945. The predicted octanol–water partition coefficient (Wildman–Crippen LogP) is 5.43. The second-order valence-corrected chi connectivity index (χ2v) is 7.49. The van der Waals surface area contributed by atoms with Crippen LogP contribution in [-0.4, -0.2) is 20.4 Å². The van der Waals surface area contributed by atoms with Gasteiger partial charge in [0.05, 0.1) is 0 Å². The van der Waals surface area contributed by atoms with Crippen LogP contribution in [0.3, 0.4) is 0 Å². The minimum atomic E-state index is -0.118. The number of phenolic OH excluding ortho intramolecular Hbond substituents is 4. The van der Waals surface area contributed by atoms with Gasteiger partial charge in [-0.15, -0.1) is 0 Å². The number of rotatable bonds is 4. The van der Waals surface area contributed by atoms with E-state index >= 15 is 0 Å². The molecule has 0 aliphatic carbocycles. The van der Waals surface area contributed by atoms with Gasteiger partial charge in [-0.2, -0.15) is 0 Å². The van der Waals surface area contributed by atoms with Gasteiger partial charge in [0.1, 0.15) is 23.0 Å². The zero-order chi connectivity index (χ0) is 20.6. The number of benzene rings is 3. The number of aromatic hydroxyl groups is 4. The molecule has 0 fully saturated rings. The molecule has 0 radical (unpaired) electrons. The maximum Gasteiger partial charge on any atom is 0.123 e. The van der Waals surface area contributed by atoms with E-state index in [2.05, 4.69) is 0 Å². The SMILES string of the molecule is Cc1cc(O)ccc1C(C)c1cc(C(C)c2ccc(O)cc2C)c(O)cc1O. The van der Waals surface area contributed by atoms with E-state index in [0.29, 0.717) is 11.1 Å². The molecule has 28 heavy (non-hydrogen) atoms. The van der Waals surface area contributed by atoms with Crippen molar-refractivity contribution in [2.45, 2.75) is 39.5 Å². The zero-order valence-corrected chi connectivity index (χ0v) is 16.6. The van der Waals surface area contributed by atoms with Crippen LogP contribution in [-0.2, 0) is 0 Å². The average Bonchev–Trinajstić information content (AvgIpc) is 2.61. The Labute approximate surface area is 165 Å². The summed E-state index contributed by atoms with van der Waals surface area (Å²) in [6.45, 7) is 7.83. The second-order valence-electron chi connectivity index (χ2n) is 7.49. The highest BCUT2D eigenvalue weighted by molar-refractivity contribution is 5.54. The first-order chi connectivity index (χ1) is 13.2. The highest BCUT2D eigenvalue weighted by Gasteiger charge is 2.21. The van der Waals surface area contributed by atoms with Gasteiger partial charge >= 0.3 is 0 Å². The van der Waals surface area contributed by atoms with Gasteiger partial charge in [-0.25, -0.2) is 0 Å². The van der Waals surface area contributed by atoms with Gasteiger partial charge in [0.25, 0.3) is 0 Å². The lowest BCUT2D eigenvalue weighted by Crippen LogP contribution is -2.04. The van der Waals surface area contributed by atoms with Crippen LogP contribution in [0, 0.1) is 13.8 Å². The first kappa shape index (κ1) is 19.6. The van der Waals surface area contributed by atoms with Crippen molar-refractivity contribution in [3.8, 4) is 23.0 Å². The molecule has 0 spiro atoms. The molecule has 3 aromatic rings. The van der Waals surface area contributed by atoms with E-state index in [1.165, 1.54) is 6.07 Å². The number of aryl methyl sites for hydroxylation is 2. The molecule has 146 valence electrons. The van der Waals surface area contributed by atoms with E-state index in [1.807, 2.05) is 45.9 Å². The van der Waals surface area contributed by atoms with Crippen LogP contribution in [0.4, 0.5) is 0 Å². The summed E-state index contributed by atoms with van der Waals surface area (Å²) in [5.74, 6) is 0.258. The fraction of sp³-hybridized carbons (Fsp3) is 0.250. The second kappa shape index (κ2) is 7.47. The normalized spacial score (nSPS) is 13.3. The molecule has 0 aliphatic rings. The van der Waals surface area contributed by atoms with E-state index in [0.717, 1.165) is 22.3 Å². The van der Waals surface area contributed by atoms with Crippen molar-refractivity contribution < 1.29 is 20.4 Å². The Hall–Kier alpha value is -3.14. The van der Waals surface area contributed by atoms with Crippen molar-refractivity contribution in [1.29, 1.82) is 0 Å². The molecule has 0 saturated carbocycles. The lowest BCUT2D eigenvalue weighted by atomic mass is 9.84. The quantitative estimate of drug-likeness (QED) is 0.488. The highest BCUT2D eigenvalue weighted by Crippen LogP contribution is 2.41. The van der Waals surface area contributed by atoms with Gasteiger partial charge in [0.15, 0.2) is 0 Å². The Morgan fingerprint density at radius 1 is 0.536 bits per heavy atom. The van der Waals surface area contributed by atoms with Gasteiger partial charge < -0.3 is 20.4 Å². The van der Waals surface area contributed by atoms with E-state index in [1.54, 1.807) is 24.3 Å².